The first kappa shape index (κ1) is 11.7. The van der Waals surface area contributed by atoms with Crippen molar-refractivity contribution in [2.45, 2.75) is 32.2 Å². The Balaban J connectivity index is 2.07. The number of nitrogens with zero attached hydrogens (tertiary/aromatic N) is 4. The van der Waals surface area contributed by atoms with E-state index in [1.54, 1.807) is 0 Å². The first-order chi connectivity index (χ1) is 8.79. The van der Waals surface area contributed by atoms with Crippen LogP contribution in [0.1, 0.15) is 30.7 Å². The predicted molar refractivity (Wildman–Crippen MR) is 73.0 cm³/mol. The van der Waals surface area contributed by atoms with Crippen molar-refractivity contribution in [1.29, 1.82) is 0 Å². The van der Waals surface area contributed by atoms with Gasteiger partial charge >= 0.3 is 0 Å². The molecule has 0 radical (unpaired) electrons. The third-order valence-corrected chi connectivity index (χ3v) is 3.88. The molecule has 1 aromatic rings. The minimum Gasteiger partial charge on any atom is -0.359 e. The maximum absolute atomic E-state index is 5.73. The average molecular weight is 247 g/mol. The zero-order valence-electron chi connectivity index (χ0n) is 11.0. The van der Waals surface area contributed by atoms with E-state index >= 15 is 0 Å². The number of nitrogens with two attached hydrogens (primary N) is 1. The van der Waals surface area contributed by atoms with Gasteiger partial charge in [-0.2, -0.15) is 0 Å². The second-order valence-corrected chi connectivity index (χ2v) is 5.19. The van der Waals surface area contributed by atoms with Crippen LogP contribution in [-0.2, 0) is 13.0 Å². The summed E-state index contributed by atoms with van der Waals surface area (Å²) in [6.07, 6.45) is 4.82. The highest BCUT2D eigenvalue weighted by atomic mass is 15.2. The monoisotopic (exact) mass is 247 g/mol. The Morgan fingerprint density at radius 3 is 2.50 bits per heavy atom. The van der Waals surface area contributed by atoms with Crippen molar-refractivity contribution in [1.82, 2.24) is 9.97 Å². The van der Waals surface area contributed by atoms with Crippen LogP contribution in [0.3, 0.4) is 0 Å². The third-order valence-electron chi connectivity index (χ3n) is 3.88. The summed E-state index contributed by atoms with van der Waals surface area (Å²) in [6.45, 7) is 3.74. The molecule has 1 fully saturated rings. The van der Waals surface area contributed by atoms with Gasteiger partial charge in [-0.25, -0.2) is 9.97 Å². The molecule has 0 unspecified atom stereocenters. The highest BCUT2D eigenvalue weighted by molar-refractivity contribution is 5.62. The van der Waals surface area contributed by atoms with Gasteiger partial charge in [-0.1, -0.05) is 0 Å². The van der Waals surface area contributed by atoms with Gasteiger partial charge in [0.25, 0.3) is 0 Å². The van der Waals surface area contributed by atoms with E-state index in [0.717, 1.165) is 43.5 Å². The van der Waals surface area contributed by atoms with Crippen molar-refractivity contribution in [2.75, 3.05) is 36.5 Å². The van der Waals surface area contributed by atoms with Gasteiger partial charge in [-0.15, -0.1) is 0 Å². The van der Waals surface area contributed by atoms with Crippen LogP contribution in [0.4, 0.5) is 11.6 Å². The number of hydrogen-bond donors (Lipinski definition) is 1. The summed E-state index contributed by atoms with van der Waals surface area (Å²) >= 11 is 0. The molecule has 0 bridgehead atoms. The van der Waals surface area contributed by atoms with Crippen LogP contribution in [0, 0.1) is 0 Å². The van der Waals surface area contributed by atoms with Crippen molar-refractivity contribution in [3.63, 3.8) is 0 Å². The Labute approximate surface area is 108 Å². The molecule has 1 saturated heterocycles. The topological polar surface area (TPSA) is 58.3 Å². The van der Waals surface area contributed by atoms with Gasteiger partial charge in [0.15, 0.2) is 0 Å². The molecule has 2 N–H and O–H groups in total. The molecule has 2 aliphatic rings. The van der Waals surface area contributed by atoms with Crippen LogP contribution >= 0.6 is 0 Å². The average Bonchev–Trinajstić information content (AvgIpc) is 2.92. The van der Waals surface area contributed by atoms with Crippen LogP contribution in [0.5, 0.6) is 0 Å². The molecule has 2 aliphatic heterocycles. The third kappa shape index (κ3) is 1.92. The minimum absolute atomic E-state index is 0.419. The van der Waals surface area contributed by atoms with E-state index in [0.29, 0.717) is 6.54 Å². The molecule has 0 amide bonds. The summed E-state index contributed by atoms with van der Waals surface area (Å²) in [5.74, 6) is 3.01. The fourth-order valence-corrected chi connectivity index (χ4v) is 2.92. The molecule has 0 atom stereocenters. The lowest BCUT2D eigenvalue weighted by Crippen LogP contribution is -2.30. The molecule has 0 saturated carbocycles. The van der Waals surface area contributed by atoms with Crippen LogP contribution in [-0.4, -0.2) is 36.6 Å². The highest BCUT2D eigenvalue weighted by Gasteiger charge is 2.25. The molecular formula is C13H21N5. The maximum atomic E-state index is 5.73. The normalized spacial score (nSPS) is 19.2. The van der Waals surface area contributed by atoms with Crippen LogP contribution < -0.4 is 15.5 Å². The number of anilines is 2. The first-order valence-corrected chi connectivity index (χ1v) is 6.85. The van der Waals surface area contributed by atoms with Gasteiger partial charge < -0.3 is 15.5 Å². The van der Waals surface area contributed by atoms with Gasteiger partial charge in [0.2, 0.25) is 0 Å². The van der Waals surface area contributed by atoms with E-state index in [9.17, 15) is 0 Å². The largest absolute Gasteiger partial charge is 0.359 e. The van der Waals surface area contributed by atoms with Crippen LogP contribution in [0.2, 0.25) is 0 Å². The van der Waals surface area contributed by atoms with Gasteiger partial charge in [-0.3, -0.25) is 0 Å². The van der Waals surface area contributed by atoms with E-state index in [1.807, 2.05) is 0 Å². The number of aromatic nitrogens is 2. The van der Waals surface area contributed by atoms with E-state index in [4.69, 9.17) is 5.73 Å². The Hall–Kier alpha value is -1.36. The quantitative estimate of drug-likeness (QED) is 0.842. The minimum atomic E-state index is 0.419. The van der Waals surface area contributed by atoms with E-state index in [1.165, 1.54) is 24.8 Å². The van der Waals surface area contributed by atoms with Gasteiger partial charge in [-0.05, 0) is 25.7 Å². The second-order valence-electron chi connectivity index (χ2n) is 5.19. The van der Waals surface area contributed by atoms with E-state index in [-0.39, 0.29) is 0 Å². The maximum Gasteiger partial charge on any atom is 0.146 e. The number of hydrogen-bond acceptors (Lipinski definition) is 5. The molecule has 0 aliphatic carbocycles. The lowest BCUT2D eigenvalue weighted by molar-refractivity contribution is 0.707. The molecular weight excluding hydrogens is 226 g/mol. The van der Waals surface area contributed by atoms with E-state index < -0.39 is 0 Å². The molecule has 0 aromatic carbocycles. The van der Waals surface area contributed by atoms with Crippen LogP contribution in [0.25, 0.3) is 0 Å². The summed E-state index contributed by atoms with van der Waals surface area (Å²) in [4.78, 5) is 13.9. The van der Waals surface area contributed by atoms with Crippen molar-refractivity contribution in [2.24, 2.45) is 5.73 Å². The Kier molecular flexibility index (Phi) is 3.07. The van der Waals surface area contributed by atoms with Crippen molar-refractivity contribution >= 4 is 11.6 Å². The fourth-order valence-electron chi connectivity index (χ4n) is 2.92. The second kappa shape index (κ2) is 4.72. The summed E-state index contributed by atoms with van der Waals surface area (Å²) < 4.78 is 0. The number of rotatable bonds is 2. The fraction of sp³-hybridized carbons (Fsp3) is 0.692. The molecule has 18 heavy (non-hydrogen) atoms. The molecule has 1 aromatic heterocycles. The lowest BCUT2D eigenvalue weighted by Gasteiger charge is -2.30. The lowest BCUT2D eigenvalue weighted by atomic mass is 10.1. The Morgan fingerprint density at radius 1 is 1.06 bits per heavy atom. The predicted octanol–water partition coefficient (Wildman–Crippen LogP) is 0.918. The van der Waals surface area contributed by atoms with Crippen LogP contribution in [0.15, 0.2) is 0 Å². The molecule has 98 valence electrons. The smallest absolute Gasteiger partial charge is 0.146 e. The van der Waals surface area contributed by atoms with Gasteiger partial charge in [0.05, 0.1) is 6.54 Å². The summed E-state index contributed by atoms with van der Waals surface area (Å²) in [5.41, 5.74) is 7.06. The zero-order valence-corrected chi connectivity index (χ0v) is 11.0. The molecule has 0 spiro atoms. The first-order valence-electron chi connectivity index (χ1n) is 6.85. The van der Waals surface area contributed by atoms with Gasteiger partial charge in [0.1, 0.15) is 17.5 Å². The van der Waals surface area contributed by atoms with Crippen molar-refractivity contribution < 1.29 is 0 Å². The summed E-state index contributed by atoms with van der Waals surface area (Å²) in [6, 6.07) is 0. The number of fused-ring (bicyclic) bond motifs is 1. The van der Waals surface area contributed by atoms with Crippen molar-refractivity contribution in [3.8, 4) is 0 Å². The standard InChI is InChI=1S/C13H21N5/c1-17-6-4-5-10-12(17)15-11(9-14)16-13(10)18-7-2-3-8-18/h2-9,14H2,1H3. The zero-order chi connectivity index (χ0) is 12.5. The molecule has 5 heteroatoms. The Morgan fingerprint density at radius 2 is 1.78 bits per heavy atom. The van der Waals surface area contributed by atoms with Gasteiger partial charge in [0, 0.05) is 32.2 Å². The SMILES string of the molecule is CN1CCCc2c1nc(CN)nc2N1CCCC1. The van der Waals surface area contributed by atoms with E-state index in [2.05, 4.69) is 26.8 Å². The molecule has 5 nitrogen and oxygen atoms in total. The highest BCUT2D eigenvalue weighted by Crippen LogP contribution is 2.32. The molecule has 3 heterocycles. The summed E-state index contributed by atoms with van der Waals surface area (Å²) in [7, 11) is 2.11. The summed E-state index contributed by atoms with van der Waals surface area (Å²) in [5, 5.41) is 0. The Bertz CT molecular complexity index is 439. The van der Waals surface area contributed by atoms with Crippen molar-refractivity contribution in [3.05, 3.63) is 11.4 Å². The molecule has 3 rings (SSSR count).